The number of aryl methyl sites for hydroxylation is 1. The van der Waals surface area contributed by atoms with E-state index in [1.807, 2.05) is 18.7 Å². The lowest BCUT2D eigenvalue weighted by Gasteiger charge is -2.11. The molecule has 1 saturated carbocycles. The van der Waals surface area contributed by atoms with E-state index < -0.39 is 0 Å². The number of hydrogen-bond donors (Lipinski definition) is 3. The van der Waals surface area contributed by atoms with Gasteiger partial charge < -0.3 is 16.0 Å². The van der Waals surface area contributed by atoms with Gasteiger partial charge in [0.25, 0.3) is 0 Å². The molecule has 24 heavy (non-hydrogen) atoms. The molecule has 5 nitrogen and oxygen atoms in total. The van der Waals surface area contributed by atoms with Crippen LogP contribution in [0.25, 0.3) is 0 Å². The molecular formula is C18H28N4OS. The number of amides is 1. The molecule has 0 atom stereocenters. The van der Waals surface area contributed by atoms with Crippen molar-refractivity contribution >= 4 is 23.6 Å². The van der Waals surface area contributed by atoms with E-state index in [0.717, 1.165) is 37.6 Å². The molecule has 0 aliphatic heterocycles. The van der Waals surface area contributed by atoms with Gasteiger partial charge >= 0.3 is 0 Å². The number of aliphatic imine (C=N–C) groups is 1. The Morgan fingerprint density at radius 3 is 2.58 bits per heavy atom. The Balaban J connectivity index is 1.62. The first-order valence-electron chi connectivity index (χ1n) is 8.68. The van der Waals surface area contributed by atoms with Crippen LogP contribution < -0.4 is 16.0 Å². The molecule has 0 radical (unpaired) electrons. The molecule has 2 rings (SSSR count). The summed E-state index contributed by atoms with van der Waals surface area (Å²) in [5.41, 5.74) is 1.29. The van der Waals surface area contributed by atoms with Crippen molar-refractivity contribution in [3.63, 3.8) is 0 Å². The maximum absolute atomic E-state index is 11.5. The average Bonchev–Trinajstić information content (AvgIpc) is 3.41. The SMILES string of the molecule is CCNC(=NCCNC(=O)C1CC1)NCCSc1ccc(C)cc1. The smallest absolute Gasteiger partial charge is 0.223 e. The first-order valence-corrected chi connectivity index (χ1v) is 9.67. The summed E-state index contributed by atoms with van der Waals surface area (Å²) in [4.78, 5) is 17.3. The van der Waals surface area contributed by atoms with Crippen molar-refractivity contribution < 1.29 is 4.79 Å². The highest BCUT2D eigenvalue weighted by Gasteiger charge is 2.28. The van der Waals surface area contributed by atoms with Crippen LogP contribution >= 0.6 is 11.8 Å². The summed E-state index contributed by atoms with van der Waals surface area (Å²) < 4.78 is 0. The zero-order valence-corrected chi connectivity index (χ0v) is 15.4. The van der Waals surface area contributed by atoms with Crippen LogP contribution in [0, 0.1) is 12.8 Å². The number of nitrogens with zero attached hydrogens (tertiary/aromatic N) is 1. The van der Waals surface area contributed by atoms with Crippen LogP contribution in [0.3, 0.4) is 0 Å². The number of carbonyl (C=O) groups is 1. The summed E-state index contributed by atoms with van der Waals surface area (Å²) in [6, 6.07) is 8.58. The highest BCUT2D eigenvalue weighted by molar-refractivity contribution is 7.99. The van der Waals surface area contributed by atoms with Gasteiger partial charge in [-0.15, -0.1) is 11.8 Å². The molecule has 6 heteroatoms. The third kappa shape index (κ3) is 7.25. The fourth-order valence-electron chi connectivity index (χ4n) is 2.15. The van der Waals surface area contributed by atoms with Crippen molar-refractivity contribution in [3.05, 3.63) is 29.8 Å². The molecule has 0 heterocycles. The van der Waals surface area contributed by atoms with E-state index in [1.165, 1.54) is 10.5 Å². The molecule has 1 aromatic carbocycles. The van der Waals surface area contributed by atoms with Gasteiger partial charge in [0.15, 0.2) is 5.96 Å². The number of hydrogen-bond acceptors (Lipinski definition) is 3. The van der Waals surface area contributed by atoms with Crippen LogP contribution in [0.2, 0.25) is 0 Å². The molecule has 3 N–H and O–H groups in total. The van der Waals surface area contributed by atoms with Crippen molar-refractivity contribution in [2.45, 2.75) is 31.6 Å². The van der Waals surface area contributed by atoms with E-state index in [0.29, 0.717) is 13.1 Å². The van der Waals surface area contributed by atoms with E-state index in [-0.39, 0.29) is 11.8 Å². The van der Waals surface area contributed by atoms with Crippen molar-refractivity contribution in [1.82, 2.24) is 16.0 Å². The average molecular weight is 349 g/mol. The van der Waals surface area contributed by atoms with Gasteiger partial charge in [-0.05, 0) is 38.8 Å². The van der Waals surface area contributed by atoms with Crippen molar-refractivity contribution in [3.8, 4) is 0 Å². The van der Waals surface area contributed by atoms with E-state index in [9.17, 15) is 4.79 Å². The second-order valence-corrected chi connectivity index (χ2v) is 7.08. The van der Waals surface area contributed by atoms with Crippen LogP contribution in [0.15, 0.2) is 34.2 Å². The van der Waals surface area contributed by atoms with Crippen molar-refractivity contribution in [2.75, 3.05) is 31.9 Å². The lowest BCUT2D eigenvalue weighted by atomic mass is 10.2. The summed E-state index contributed by atoms with van der Waals surface area (Å²) in [7, 11) is 0. The van der Waals surface area contributed by atoms with E-state index in [2.05, 4.69) is 52.1 Å². The van der Waals surface area contributed by atoms with Gasteiger partial charge in [-0.25, -0.2) is 0 Å². The molecule has 132 valence electrons. The molecule has 1 aliphatic rings. The van der Waals surface area contributed by atoms with Crippen molar-refractivity contribution in [2.24, 2.45) is 10.9 Å². The maximum atomic E-state index is 11.5. The van der Waals surface area contributed by atoms with Gasteiger partial charge in [0.05, 0.1) is 6.54 Å². The topological polar surface area (TPSA) is 65.5 Å². The molecule has 0 saturated heterocycles. The van der Waals surface area contributed by atoms with Gasteiger partial charge in [0.1, 0.15) is 0 Å². The van der Waals surface area contributed by atoms with Crippen LogP contribution in [0.5, 0.6) is 0 Å². The Kier molecular flexibility index (Phi) is 7.95. The van der Waals surface area contributed by atoms with E-state index >= 15 is 0 Å². The minimum absolute atomic E-state index is 0.178. The van der Waals surface area contributed by atoms with Crippen LogP contribution in [0.4, 0.5) is 0 Å². The lowest BCUT2D eigenvalue weighted by molar-refractivity contribution is -0.122. The summed E-state index contributed by atoms with van der Waals surface area (Å²) >= 11 is 1.83. The molecule has 0 bridgehead atoms. The van der Waals surface area contributed by atoms with Gasteiger partial charge in [0, 0.05) is 36.2 Å². The Hall–Kier alpha value is -1.69. The molecular weight excluding hydrogens is 320 g/mol. The number of benzene rings is 1. The maximum Gasteiger partial charge on any atom is 0.223 e. The van der Waals surface area contributed by atoms with Gasteiger partial charge in [-0.3, -0.25) is 9.79 Å². The fourth-order valence-corrected chi connectivity index (χ4v) is 2.92. The first-order chi connectivity index (χ1) is 11.7. The minimum Gasteiger partial charge on any atom is -0.357 e. The molecule has 1 aliphatic carbocycles. The Bertz CT molecular complexity index is 540. The zero-order valence-electron chi connectivity index (χ0n) is 14.6. The second-order valence-electron chi connectivity index (χ2n) is 5.91. The Morgan fingerprint density at radius 2 is 1.92 bits per heavy atom. The summed E-state index contributed by atoms with van der Waals surface area (Å²) in [6.07, 6.45) is 2.08. The number of rotatable bonds is 9. The second kappa shape index (κ2) is 10.2. The van der Waals surface area contributed by atoms with Gasteiger partial charge in [0.2, 0.25) is 5.91 Å². The van der Waals surface area contributed by atoms with Crippen LogP contribution in [0.1, 0.15) is 25.3 Å². The summed E-state index contributed by atoms with van der Waals surface area (Å²) in [5, 5.41) is 9.49. The fraction of sp³-hybridized carbons (Fsp3) is 0.556. The normalized spacial score (nSPS) is 14.3. The van der Waals surface area contributed by atoms with Crippen LogP contribution in [-0.2, 0) is 4.79 Å². The van der Waals surface area contributed by atoms with Gasteiger partial charge in [-0.2, -0.15) is 0 Å². The van der Waals surface area contributed by atoms with Gasteiger partial charge in [-0.1, -0.05) is 17.7 Å². The van der Waals surface area contributed by atoms with Crippen molar-refractivity contribution in [1.29, 1.82) is 0 Å². The summed E-state index contributed by atoms with van der Waals surface area (Å²) in [6.45, 7) is 7.02. The highest BCUT2D eigenvalue weighted by Crippen LogP contribution is 2.28. The Morgan fingerprint density at radius 1 is 1.17 bits per heavy atom. The largest absolute Gasteiger partial charge is 0.357 e. The molecule has 1 aromatic rings. The molecule has 0 unspecified atom stereocenters. The van der Waals surface area contributed by atoms with E-state index in [4.69, 9.17) is 0 Å². The predicted octanol–water partition coefficient (Wildman–Crippen LogP) is 2.17. The zero-order chi connectivity index (χ0) is 17.2. The minimum atomic E-state index is 0.178. The first kappa shape index (κ1) is 18.6. The third-order valence-corrected chi connectivity index (χ3v) is 4.67. The molecule has 1 fully saturated rings. The highest BCUT2D eigenvalue weighted by atomic mass is 32.2. The number of thioether (sulfide) groups is 1. The van der Waals surface area contributed by atoms with E-state index in [1.54, 1.807) is 0 Å². The third-order valence-electron chi connectivity index (χ3n) is 3.66. The number of nitrogens with one attached hydrogen (secondary N) is 3. The summed E-state index contributed by atoms with van der Waals surface area (Å²) in [5.74, 6) is 2.23. The molecule has 0 aromatic heterocycles. The number of carbonyl (C=O) groups excluding carboxylic acids is 1. The Labute approximate surface area is 149 Å². The standard InChI is InChI=1S/C18H28N4OS/c1-3-19-18(21-11-10-20-17(23)15-6-7-15)22-12-13-24-16-8-4-14(2)5-9-16/h4-5,8-9,15H,3,6-7,10-13H2,1-2H3,(H,20,23)(H2,19,21,22). The molecule has 1 amide bonds. The number of guanidine groups is 1. The molecule has 0 spiro atoms. The van der Waals surface area contributed by atoms with Crippen LogP contribution in [-0.4, -0.2) is 43.8 Å². The predicted molar refractivity (Wildman–Crippen MR) is 102 cm³/mol. The lowest BCUT2D eigenvalue weighted by Crippen LogP contribution is -2.39. The monoisotopic (exact) mass is 348 g/mol. The quantitative estimate of drug-likeness (QED) is 0.277.